The maximum absolute atomic E-state index is 11.1. The van der Waals surface area contributed by atoms with Crippen LogP contribution in [-0.4, -0.2) is 25.4 Å². The van der Waals surface area contributed by atoms with E-state index in [-0.39, 0.29) is 5.56 Å². The number of rotatable bonds is 3. The second-order valence-electron chi connectivity index (χ2n) is 2.49. The van der Waals surface area contributed by atoms with Crippen LogP contribution >= 0.6 is 0 Å². The monoisotopic (exact) mass is 219 g/mol. The third-order valence-corrected chi connectivity index (χ3v) is 2.15. The lowest BCUT2D eigenvalue weighted by molar-refractivity contribution is 0.0955. The molecular weight excluding hydrogens is 210 g/mol. The fraction of sp³-hybridized carbons (Fsp3) is 0.286. The minimum absolute atomic E-state index is 0.0551. The molecule has 1 aromatic heterocycles. The van der Waals surface area contributed by atoms with Crippen LogP contribution in [0.1, 0.15) is 17.3 Å². The Morgan fingerprint density at radius 2 is 2.29 bits per heavy atom. The molecule has 0 saturated heterocycles. The van der Waals surface area contributed by atoms with Crippen LogP contribution in [-0.2, 0) is 10.1 Å². The van der Waals surface area contributed by atoms with Crippen molar-refractivity contribution in [1.29, 1.82) is 0 Å². The van der Waals surface area contributed by atoms with Crippen LogP contribution in [0.25, 0.3) is 0 Å². The van der Waals surface area contributed by atoms with E-state index >= 15 is 0 Å². The lowest BCUT2D eigenvalue weighted by Crippen LogP contribution is -2.21. The molecule has 0 saturated carbocycles. The van der Waals surface area contributed by atoms with Crippen LogP contribution in [0, 0.1) is 0 Å². The zero-order valence-electron chi connectivity index (χ0n) is 7.35. The Morgan fingerprint density at radius 1 is 1.64 bits per heavy atom. The molecule has 0 aliphatic rings. The van der Waals surface area contributed by atoms with E-state index in [0.29, 0.717) is 6.54 Å². The van der Waals surface area contributed by atoms with E-state index in [1.807, 2.05) is 0 Å². The van der Waals surface area contributed by atoms with Crippen molar-refractivity contribution in [2.24, 2.45) is 0 Å². The number of hydrogen-bond acceptors (Lipinski definition) is 4. The van der Waals surface area contributed by atoms with E-state index in [1.165, 1.54) is 0 Å². The van der Waals surface area contributed by atoms with Crippen LogP contribution in [0.15, 0.2) is 21.8 Å². The first-order valence-corrected chi connectivity index (χ1v) is 5.23. The van der Waals surface area contributed by atoms with E-state index < -0.39 is 21.1 Å². The first-order chi connectivity index (χ1) is 6.45. The highest BCUT2D eigenvalue weighted by Crippen LogP contribution is 2.12. The first-order valence-electron chi connectivity index (χ1n) is 3.79. The van der Waals surface area contributed by atoms with Crippen molar-refractivity contribution in [3.8, 4) is 0 Å². The summed E-state index contributed by atoms with van der Waals surface area (Å²) in [6.45, 7) is 2.15. The van der Waals surface area contributed by atoms with Crippen LogP contribution in [0.4, 0.5) is 0 Å². The van der Waals surface area contributed by atoms with Crippen molar-refractivity contribution in [1.82, 2.24) is 5.32 Å². The molecule has 1 heterocycles. The molecule has 1 aromatic rings. The number of furan rings is 1. The number of carbonyl (C=O) groups is 1. The second-order valence-corrected chi connectivity index (χ2v) is 3.84. The highest BCUT2D eigenvalue weighted by atomic mass is 32.2. The Hall–Kier alpha value is -1.34. The van der Waals surface area contributed by atoms with Gasteiger partial charge in [0.25, 0.3) is 5.91 Å². The average Bonchev–Trinajstić information content (AvgIpc) is 2.51. The van der Waals surface area contributed by atoms with E-state index in [9.17, 15) is 13.2 Å². The Morgan fingerprint density at radius 3 is 2.71 bits per heavy atom. The standard InChI is InChI=1S/C7H9NO5S/c1-2-8-7(9)5-3-6(13-4-5)14(10,11)12/h3-4H,2H2,1H3,(H,8,9)(H,10,11,12). The Bertz CT molecular complexity index is 433. The summed E-state index contributed by atoms with van der Waals surface area (Å²) in [5.74, 6) is -0.453. The molecule has 0 aliphatic heterocycles. The summed E-state index contributed by atoms with van der Waals surface area (Å²) in [5.41, 5.74) is 0.0551. The molecule has 0 bridgehead atoms. The van der Waals surface area contributed by atoms with Gasteiger partial charge in [0.15, 0.2) is 0 Å². The van der Waals surface area contributed by atoms with Gasteiger partial charge in [0.1, 0.15) is 6.26 Å². The normalized spacial score (nSPS) is 11.3. The highest BCUT2D eigenvalue weighted by Gasteiger charge is 2.17. The summed E-state index contributed by atoms with van der Waals surface area (Å²) in [7, 11) is -4.38. The molecule has 78 valence electrons. The van der Waals surface area contributed by atoms with Crippen molar-refractivity contribution in [2.45, 2.75) is 12.0 Å². The topological polar surface area (TPSA) is 96.6 Å². The summed E-state index contributed by atoms with van der Waals surface area (Å²) in [4.78, 5) is 11.1. The molecule has 0 spiro atoms. The predicted octanol–water partition coefficient (Wildman–Crippen LogP) is 0.276. The van der Waals surface area contributed by atoms with Crippen molar-refractivity contribution >= 4 is 16.0 Å². The molecule has 0 radical (unpaired) electrons. The van der Waals surface area contributed by atoms with Gasteiger partial charge in [-0.1, -0.05) is 0 Å². The van der Waals surface area contributed by atoms with Crippen molar-refractivity contribution in [3.63, 3.8) is 0 Å². The molecule has 0 unspecified atom stereocenters. The predicted molar refractivity (Wildman–Crippen MR) is 46.5 cm³/mol. The summed E-state index contributed by atoms with van der Waals surface area (Å²) in [6.07, 6.45) is 0.966. The van der Waals surface area contributed by atoms with Gasteiger partial charge < -0.3 is 9.73 Å². The summed E-state index contributed by atoms with van der Waals surface area (Å²) in [6, 6.07) is 0.959. The van der Waals surface area contributed by atoms with Crippen LogP contribution in [0.2, 0.25) is 0 Å². The summed E-state index contributed by atoms with van der Waals surface area (Å²) in [5, 5.41) is 1.81. The van der Waals surface area contributed by atoms with Gasteiger partial charge in [-0.15, -0.1) is 0 Å². The molecule has 1 amide bonds. The Balaban J connectivity index is 2.94. The minimum Gasteiger partial charge on any atom is -0.450 e. The van der Waals surface area contributed by atoms with Crippen molar-refractivity contribution < 1.29 is 22.2 Å². The summed E-state index contributed by atoms with van der Waals surface area (Å²) >= 11 is 0. The third kappa shape index (κ3) is 2.33. The molecule has 14 heavy (non-hydrogen) atoms. The maximum atomic E-state index is 11.1. The van der Waals surface area contributed by atoms with Gasteiger partial charge in [-0.25, -0.2) is 0 Å². The molecule has 1 rings (SSSR count). The first kappa shape index (κ1) is 10.7. The van der Waals surface area contributed by atoms with E-state index in [2.05, 4.69) is 9.73 Å². The average molecular weight is 219 g/mol. The van der Waals surface area contributed by atoms with Gasteiger partial charge in [-0.3, -0.25) is 9.35 Å². The molecular formula is C7H9NO5S. The van der Waals surface area contributed by atoms with Crippen LogP contribution < -0.4 is 5.32 Å². The summed E-state index contributed by atoms with van der Waals surface area (Å²) < 4.78 is 34.2. The van der Waals surface area contributed by atoms with E-state index in [1.54, 1.807) is 6.92 Å². The van der Waals surface area contributed by atoms with Gasteiger partial charge in [0.05, 0.1) is 5.56 Å². The van der Waals surface area contributed by atoms with Gasteiger partial charge >= 0.3 is 10.1 Å². The zero-order valence-corrected chi connectivity index (χ0v) is 8.17. The maximum Gasteiger partial charge on any atom is 0.328 e. The molecule has 0 aromatic carbocycles. The highest BCUT2D eigenvalue weighted by molar-refractivity contribution is 7.85. The third-order valence-electron chi connectivity index (χ3n) is 1.43. The molecule has 6 nitrogen and oxygen atoms in total. The van der Waals surface area contributed by atoms with Crippen LogP contribution in [0.5, 0.6) is 0 Å². The molecule has 0 atom stereocenters. The van der Waals surface area contributed by atoms with Gasteiger partial charge in [-0.05, 0) is 6.92 Å². The zero-order chi connectivity index (χ0) is 10.8. The smallest absolute Gasteiger partial charge is 0.328 e. The minimum atomic E-state index is -4.38. The number of hydrogen-bond donors (Lipinski definition) is 2. The van der Waals surface area contributed by atoms with Gasteiger partial charge in [-0.2, -0.15) is 8.42 Å². The second kappa shape index (κ2) is 3.81. The lowest BCUT2D eigenvalue weighted by atomic mass is 10.3. The molecule has 2 N–H and O–H groups in total. The largest absolute Gasteiger partial charge is 0.450 e. The number of nitrogens with one attached hydrogen (secondary N) is 1. The number of carbonyl (C=O) groups excluding carboxylic acids is 1. The molecule has 0 aliphatic carbocycles. The van der Waals surface area contributed by atoms with Crippen molar-refractivity contribution in [3.05, 3.63) is 17.9 Å². The van der Waals surface area contributed by atoms with E-state index in [4.69, 9.17) is 4.55 Å². The van der Waals surface area contributed by atoms with Gasteiger partial charge in [0.2, 0.25) is 5.09 Å². The van der Waals surface area contributed by atoms with Crippen LogP contribution in [0.3, 0.4) is 0 Å². The quantitative estimate of drug-likeness (QED) is 0.711. The fourth-order valence-electron chi connectivity index (χ4n) is 0.834. The Labute approximate surface area is 80.7 Å². The fourth-order valence-corrected chi connectivity index (χ4v) is 1.28. The molecule has 0 fully saturated rings. The number of amides is 1. The lowest BCUT2D eigenvalue weighted by Gasteiger charge is -1.95. The molecule has 7 heteroatoms. The van der Waals surface area contributed by atoms with Gasteiger partial charge in [0, 0.05) is 12.6 Å². The Kier molecular flexibility index (Phi) is 2.92. The SMILES string of the molecule is CCNC(=O)c1coc(S(=O)(=O)O)c1. The van der Waals surface area contributed by atoms with Crippen molar-refractivity contribution in [2.75, 3.05) is 6.54 Å². The van der Waals surface area contributed by atoms with E-state index in [0.717, 1.165) is 12.3 Å².